The number of amides is 2. The Labute approximate surface area is 181 Å². The van der Waals surface area contributed by atoms with E-state index in [2.05, 4.69) is 20.9 Å². The number of guanidine groups is 1. The van der Waals surface area contributed by atoms with Gasteiger partial charge in [-0.15, -0.1) is 11.3 Å². The molecular formula is C22H29N5O2S. The first-order valence-electron chi connectivity index (χ1n) is 10.4. The van der Waals surface area contributed by atoms with E-state index in [1.54, 1.807) is 0 Å². The van der Waals surface area contributed by atoms with Gasteiger partial charge in [0.1, 0.15) is 0 Å². The van der Waals surface area contributed by atoms with E-state index in [0.29, 0.717) is 26.1 Å². The molecule has 0 aliphatic carbocycles. The summed E-state index contributed by atoms with van der Waals surface area (Å²) in [5.41, 5.74) is 2.05. The van der Waals surface area contributed by atoms with Gasteiger partial charge in [0.2, 0.25) is 5.91 Å². The van der Waals surface area contributed by atoms with E-state index in [-0.39, 0.29) is 11.8 Å². The van der Waals surface area contributed by atoms with E-state index < -0.39 is 0 Å². The first-order valence-corrected chi connectivity index (χ1v) is 11.3. The number of carbonyl (C=O) groups excluding carboxylic acids is 2. The molecule has 1 aliphatic rings. The third kappa shape index (κ3) is 6.32. The molecule has 2 amide bonds. The lowest BCUT2D eigenvalue weighted by Crippen LogP contribution is -2.38. The van der Waals surface area contributed by atoms with Crippen LogP contribution in [-0.4, -0.2) is 44.0 Å². The van der Waals surface area contributed by atoms with Gasteiger partial charge in [0.25, 0.3) is 5.91 Å². The highest BCUT2D eigenvalue weighted by Crippen LogP contribution is 2.21. The molecule has 8 heteroatoms. The highest BCUT2D eigenvalue weighted by Gasteiger charge is 2.21. The summed E-state index contributed by atoms with van der Waals surface area (Å²) >= 11 is 1.44. The minimum atomic E-state index is -0.0235. The highest BCUT2D eigenvalue weighted by atomic mass is 32.1. The van der Waals surface area contributed by atoms with Gasteiger partial charge in [0, 0.05) is 38.3 Å². The summed E-state index contributed by atoms with van der Waals surface area (Å²) < 4.78 is 0. The minimum absolute atomic E-state index is 0.0235. The SMILES string of the molecule is CCNC(=NCc1ccc(N2CCCC2=O)cc1)NCCCNC(=O)c1cccs1. The van der Waals surface area contributed by atoms with E-state index in [1.165, 1.54) is 11.3 Å². The zero-order valence-corrected chi connectivity index (χ0v) is 18.1. The van der Waals surface area contributed by atoms with Gasteiger partial charge in [-0.05, 0) is 48.9 Å². The van der Waals surface area contributed by atoms with Crippen molar-refractivity contribution in [1.82, 2.24) is 16.0 Å². The molecule has 0 unspecified atom stereocenters. The summed E-state index contributed by atoms with van der Waals surface area (Å²) in [6.45, 7) is 5.49. The second-order valence-corrected chi connectivity index (χ2v) is 7.97. The van der Waals surface area contributed by atoms with Crippen molar-refractivity contribution < 1.29 is 9.59 Å². The molecule has 1 aromatic carbocycles. The van der Waals surface area contributed by atoms with Crippen LogP contribution in [0.5, 0.6) is 0 Å². The predicted octanol–water partition coefficient (Wildman–Crippen LogP) is 2.75. The lowest BCUT2D eigenvalue weighted by Gasteiger charge is -2.16. The molecule has 2 heterocycles. The minimum Gasteiger partial charge on any atom is -0.357 e. The van der Waals surface area contributed by atoms with Crippen molar-refractivity contribution in [2.45, 2.75) is 32.7 Å². The van der Waals surface area contributed by atoms with Crippen molar-refractivity contribution in [2.24, 2.45) is 4.99 Å². The topological polar surface area (TPSA) is 85.8 Å². The summed E-state index contributed by atoms with van der Waals surface area (Å²) in [6.07, 6.45) is 2.38. The molecule has 7 nitrogen and oxygen atoms in total. The lowest BCUT2D eigenvalue weighted by atomic mass is 10.2. The van der Waals surface area contributed by atoms with Gasteiger partial charge in [0.15, 0.2) is 5.96 Å². The van der Waals surface area contributed by atoms with E-state index in [9.17, 15) is 9.59 Å². The van der Waals surface area contributed by atoms with Gasteiger partial charge in [0.05, 0.1) is 11.4 Å². The summed E-state index contributed by atoms with van der Waals surface area (Å²) in [7, 11) is 0. The van der Waals surface area contributed by atoms with Crippen molar-refractivity contribution in [3.8, 4) is 0 Å². The number of benzene rings is 1. The number of hydrogen-bond acceptors (Lipinski definition) is 4. The Kier molecular flexibility index (Phi) is 8.26. The van der Waals surface area contributed by atoms with Gasteiger partial charge in [-0.3, -0.25) is 9.59 Å². The fourth-order valence-corrected chi connectivity index (χ4v) is 3.85. The second-order valence-electron chi connectivity index (χ2n) is 7.02. The second kappa shape index (κ2) is 11.3. The van der Waals surface area contributed by atoms with Crippen molar-refractivity contribution in [2.75, 3.05) is 31.1 Å². The molecule has 3 rings (SSSR count). The number of carbonyl (C=O) groups is 2. The Morgan fingerprint density at radius 3 is 2.60 bits per heavy atom. The third-order valence-corrected chi connectivity index (χ3v) is 5.63. The van der Waals surface area contributed by atoms with Crippen LogP contribution in [0, 0.1) is 0 Å². The maximum absolute atomic E-state index is 11.9. The molecule has 30 heavy (non-hydrogen) atoms. The fraction of sp³-hybridized carbons (Fsp3) is 0.409. The number of hydrogen-bond donors (Lipinski definition) is 3. The fourth-order valence-electron chi connectivity index (χ4n) is 3.21. The Morgan fingerprint density at radius 1 is 1.13 bits per heavy atom. The van der Waals surface area contributed by atoms with Crippen LogP contribution in [0.15, 0.2) is 46.8 Å². The average molecular weight is 428 g/mol. The van der Waals surface area contributed by atoms with Crippen LogP contribution >= 0.6 is 11.3 Å². The highest BCUT2D eigenvalue weighted by molar-refractivity contribution is 7.12. The molecule has 1 fully saturated rings. The maximum atomic E-state index is 11.9. The number of anilines is 1. The van der Waals surface area contributed by atoms with E-state index >= 15 is 0 Å². The summed E-state index contributed by atoms with van der Waals surface area (Å²) in [4.78, 5) is 31.0. The van der Waals surface area contributed by atoms with Crippen molar-refractivity contribution in [3.63, 3.8) is 0 Å². The summed E-state index contributed by atoms with van der Waals surface area (Å²) in [5.74, 6) is 0.927. The smallest absolute Gasteiger partial charge is 0.261 e. The zero-order valence-electron chi connectivity index (χ0n) is 17.3. The standard InChI is InChI=1S/C22H29N5O2S/c1-2-23-22(25-13-5-12-24-21(29)19-6-4-15-30-19)26-16-17-8-10-18(11-9-17)27-14-3-7-20(27)28/h4,6,8-11,15H,2-3,5,7,12-14,16H2,1H3,(H,24,29)(H2,23,25,26). The van der Waals surface area contributed by atoms with Crippen molar-refractivity contribution >= 4 is 34.8 Å². The van der Waals surface area contributed by atoms with Crippen LogP contribution in [-0.2, 0) is 11.3 Å². The zero-order chi connectivity index (χ0) is 21.2. The monoisotopic (exact) mass is 427 g/mol. The molecule has 1 aromatic heterocycles. The van der Waals surface area contributed by atoms with Crippen LogP contribution in [0.1, 0.15) is 41.4 Å². The van der Waals surface area contributed by atoms with E-state index in [1.807, 2.05) is 53.6 Å². The van der Waals surface area contributed by atoms with Crippen LogP contribution in [0.3, 0.4) is 0 Å². The van der Waals surface area contributed by atoms with Crippen LogP contribution < -0.4 is 20.9 Å². The molecule has 1 aliphatic heterocycles. The van der Waals surface area contributed by atoms with Gasteiger partial charge >= 0.3 is 0 Å². The van der Waals surface area contributed by atoms with Gasteiger partial charge < -0.3 is 20.9 Å². The molecule has 0 spiro atoms. The maximum Gasteiger partial charge on any atom is 0.261 e. The first-order chi connectivity index (χ1) is 14.7. The van der Waals surface area contributed by atoms with Gasteiger partial charge in [-0.1, -0.05) is 18.2 Å². The van der Waals surface area contributed by atoms with Crippen molar-refractivity contribution in [3.05, 3.63) is 52.2 Å². The number of nitrogens with one attached hydrogen (secondary N) is 3. The molecule has 1 saturated heterocycles. The van der Waals surface area contributed by atoms with Crippen LogP contribution in [0.2, 0.25) is 0 Å². The normalized spacial score (nSPS) is 14.1. The molecule has 0 atom stereocenters. The van der Waals surface area contributed by atoms with Crippen LogP contribution in [0.4, 0.5) is 5.69 Å². The lowest BCUT2D eigenvalue weighted by molar-refractivity contribution is -0.117. The largest absolute Gasteiger partial charge is 0.357 e. The molecule has 3 N–H and O–H groups in total. The van der Waals surface area contributed by atoms with Gasteiger partial charge in [-0.25, -0.2) is 4.99 Å². The Hall–Kier alpha value is -2.87. The number of thiophene rings is 1. The molecule has 0 saturated carbocycles. The Bertz CT molecular complexity index is 849. The van der Waals surface area contributed by atoms with E-state index in [0.717, 1.165) is 48.0 Å². The Morgan fingerprint density at radius 2 is 1.93 bits per heavy atom. The molecular weight excluding hydrogens is 398 g/mol. The third-order valence-electron chi connectivity index (χ3n) is 4.76. The summed E-state index contributed by atoms with van der Waals surface area (Å²) in [5, 5.41) is 11.4. The predicted molar refractivity (Wildman–Crippen MR) is 122 cm³/mol. The molecule has 160 valence electrons. The van der Waals surface area contributed by atoms with Crippen molar-refractivity contribution in [1.29, 1.82) is 0 Å². The number of aliphatic imine (C=N–C) groups is 1. The van der Waals surface area contributed by atoms with E-state index in [4.69, 9.17) is 0 Å². The quantitative estimate of drug-likeness (QED) is 0.326. The van der Waals surface area contributed by atoms with Gasteiger partial charge in [-0.2, -0.15) is 0 Å². The molecule has 0 bridgehead atoms. The molecule has 2 aromatic rings. The average Bonchev–Trinajstić information content (AvgIpc) is 3.44. The first kappa shape index (κ1) is 21.8. The summed E-state index contributed by atoms with van der Waals surface area (Å²) in [6, 6.07) is 11.7. The molecule has 0 radical (unpaired) electrons. The van der Waals surface area contributed by atoms with Crippen LogP contribution in [0.25, 0.3) is 0 Å². The Balaban J connectivity index is 1.42. The number of rotatable bonds is 9. The number of nitrogens with zero attached hydrogens (tertiary/aromatic N) is 2.